The van der Waals surface area contributed by atoms with Gasteiger partial charge in [0.1, 0.15) is 11.2 Å². The highest BCUT2D eigenvalue weighted by Crippen LogP contribution is 2.38. The number of hydrogen-bond acceptors (Lipinski definition) is 3. The topological polar surface area (TPSA) is 38.9 Å². The molecule has 0 radical (unpaired) electrons. The zero-order valence-electron chi connectivity index (χ0n) is 23.3. The number of aromatic nitrogens is 2. The summed E-state index contributed by atoms with van der Waals surface area (Å²) in [6, 6.07) is 54.4. The third kappa shape index (κ3) is 4.67. The summed E-state index contributed by atoms with van der Waals surface area (Å²) in [5.41, 5.74) is 11.3. The molecule has 3 heteroatoms. The number of nitrogens with zero attached hydrogens (tertiary/aromatic N) is 2. The Morgan fingerprint density at radius 3 is 1.65 bits per heavy atom. The van der Waals surface area contributed by atoms with E-state index in [1.807, 2.05) is 54.6 Å². The van der Waals surface area contributed by atoms with Crippen LogP contribution in [0.3, 0.4) is 0 Å². The van der Waals surface area contributed by atoms with Crippen LogP contribution in [-0.4, -0.2) is 9.97 Å². The zero-order chi connectivity index (χ0) is 28.6. The molecular weight excluding hydrogens is 524 g/mol. The first-order valence-corrected chi connectivity index (χ1v) is 14.4. The van der Waals surface area contributed by atoms with Crippen LogP contribution in [0, 0.1) is 0 Å². The van der Waals surface area contributed by atoms with E-state index in [1.54, 1.807) is 0 Å². The van der Waals surface area contributed by atoms with Crippen molar-refractivity contribution in [3.8, 4) is 56.2 Å². The van der Waals surface area contributed by atoms with E-state index in [4.69, 9.17) is 14.4 Å². The van der Waals surface area contributed by atoms with Crippen molar-refractivity contribution in [1.29, 1.82) is 0 Å². The minimum absolute atomic E-state index is 0.707. The fourth-order valence-electron chi connectivity index (χ4n) is 5.78. The Hall–Kier alpha value is -5.80. The maximum atomic E-state index is 6.15. The number of rotatable bonds is 5. The Labute approximate surface area is 249 Å². The molecule has 0 bridgehead atoms. The average Bonchev–Trinajstić information content (AvgIpc) is 3.48. The highest BCUT2D eigenvalue weighted by atomic mass is 16.3. The molecule has 202 valence electrons. The van der Waals surface area contributed by atoms with Crippen molar-refractivity contribution in [3.05, 3.63) is 158 Å². The third-order valence-electron chi connectivity index (χ3n) is 7.92. The lowest BCUT2D eigenvalue weighted by Gasteiger charge is -2.11. The van der Waals surface area contributed by atoms with Crippen LogP contribution in [0.15, 0.2) is 162 Å². The van der Waals surface area contributed by atoms with E-state index in [1.165, 1.54) is 5.56 Å². The first kappa shape index (κ1) is 25.0. The molecule has 6 aromatic carbocycles. The quantitative estimate of drug-likeness (QED) is 0.214. The summed E-state index contributed by atoms with van der Waals surface area (Å²) in [6.45, 7) is 0. The van der Waals surface area contributed by atoms with Gasteiger partial charge in [0.2, 0.25) is 0 Å². The Morgan fingerprint density at radius 2 is 0.930 bits per heavy atom. The first-order valence-electron chi connectivity index (χ1n) is 14.4. The van der Waals surface area contributed by atoms with Gasteiger partial charge in [0.05, 0.1) is 11.4 Å². The van der Waals surface area contributed by atoms with Gasteiger partial charge in [0.25, 0.3) is 0 Å². The summed E-state index contributed by atoms with van der Waals surface area (Å²) in [6.07, 6.45) is 0. The molecular formula is C40H26N2O. The van der Waals surface area contributed by atoms with Crippen molar-refractivity contribution >= 4 is 21.9 Å². The van der Waals surface area contributed by atoms with E-state index in [2.05, 4.69) is 103 Å². The Bertz CT molecular complexity index is 2160. The van der Waals surface area contributed by atoms with Gasteiger partial charge in [0, 0.05) is 27.5 Å². The fraction of sp³-hybridized carbons (Fsp3) is 0. The van der Waals surface area contributed by atoms with Crippen LogP contribution < -0.4 is 0 Å². The van der Waals surface area contributed by atoms with E-state index < -0.39 is 0 Å². The van der Waals surface area contributed by atoms with Crippen LogP contribution in [0.2, 0.25) is 0 Å². The minimum atomic E-state index is 0.707. The van der Waals surface area contributed by atoms with Gasteiger partial charge in [-0.15, -0.1) is 0 Å². The molecule has 2 aromatic heterocycles. The van der Waals surface area contributed by atoms with Gasteiger partial charge in [-0.1, -0.05) is 133 Å². The number of furan rings is 1. The molecule has 3 nitrogen and oxygen atoms in total. The van der Waals surface area contributed by atoms with Crippen molar-refractivity contribution in [2.24, 2.45) is 0 Å². The van der Waals surface area contributed by atoms with Crippen LogP contribution in [0.25, 0.3) is 78.1 Å². The van der Waals surface area contributed by atoms with Crippen LogP contribution >= 0.6 is 0 Å². The molecule has 0 unspecified atom stereocenters. The van der Waals surface area contributed by atoms with Crippen molar-refractivity contribution in [1.82, 2.24) is 9.97 Å². The standard InChI is InChI=1S/C40H26N2O/c1-3-11-28(12-4-1)35-26-36(29-13-5-2-6-14-29)42-40(41-35)30-23-21-27(22-24-30)31-15-9-16-32(25-31)33-18-10-20-38-39(33)34-17-7-8-19-37(34)43-38/h1-26H. The number of hydrogen-bond donors (Lipinski definition) is 0. The molecule has 0 aliphatic heterocycles. The maximum Gasteiger partial charge on any atom is 0.160 e. The molecule has 8 aromatic rings. The molecule has 0 saturated carbocycles. The van der Waals surface area contributed by atoms with Crippen molar-refractivity contribution < 1.29 is 4.42 Å². The largest absolute Gasteiger partial charge is 0.456 e. The normalized spacial score (nSPS) is 11.3. The predicted molar refractivity (Wildman–Crippen MR) is 176 cm³/mol. The van der Waals surface area contributed by atoms with Gasteiger partial charge in [-0.2, -0.15) is 0 Å². The lowest BCUT2D eigenvalue weighted by atomic mass is 9.95. The molecule has 0 saturated heterocycles. The lowest BCUT2D eigenvalue weighted by Crippen LogP contribution is -1.95. The van der Waals surface area contributed by atoms with E-state index in [0.29, 0.717) is 5.82 Å². The van der Waals surface area contributed by atoms with E-state index >= 15 is 0 Å². The number of para-hydroxylation sites is 1. The zero-order valence-corrected chi connectivity index (χ0v) is 23.3. The fourth-order valence-corrected chi connectivity index (χ4v) is 5.78. The summed E-state index contributed by atoms with van der Waals surface area (Å²) in [7, 11) is 0. The van der Waals surface area contributed by atoms with Gasteiger partial charge < -0.3 is 4.42 Å². The summed E-state index contributed by atoms with van der Waals surface area (Å²) in [5.74, 6) is 0.707. The molecule has 0 aliphatic carbocycles. The summed E-state index contributed by atoms with van der Waals surface area (Å²) < 4.78 is 6.15. The smallest absolute Gasteiger partial charge is 0.160 e. The van der Waals surface area contributed by atoms with E-state index in [0.717, 1.165) is 66.7 Å². The summed E-state index contributed by atoms with van der Waals surface area (Å²) >= 11 is 0. The van der Waals surface area contributed by atoms with Gasteiger partial charge >= 0.3 is 0 Å². The predicted octanol–water partition coefficient (Wildman–Crippen LogP) is 10.7. The third-order valence-corrected chi connectivity index (χ3v) is 7.92. The first-order chi connectivity index (χ1) is 21.3. The highest BCUT2D eigenvalue weighted by Gasteiger charge is 2.14. The van der Waals surface area contributed by atoms with Crippen molar-refractivity contribution in [2.75, 3.05) is 0 Å². The lowest BCUT2D eigenvalue weighted by molar-refractivity contribution is 0.669. The highest BCUT2D eigenvalue weighted by molar-refractivity contribution is 6.12. The number of fused-ring (bicyclic) bond motifs is 3. The minimum Gasteiger partial charge on any atom is -0.456 e. The molecule has 0 atom stereocenters. The number of benzene rings is 6. The second-order valence-corrected chi connectivity index (χ2v) is 10.6. The van der Waals surface area contributed by atoms with Crippen LogP contribution in [-0.2, 0) is 0 Å². The molecule has 0 fully saturated rings. The molecule has 8 rings (SSSR count). The summed E-state index contributed by atoms with van der Waals surface area (Å²) in [4.78, 5) is 9.97. The van der Waals surface area contributed by atoms with Crippen molar-refractivity contribution in [2.45, 2.75) is 0 Å². The second-order valence-electron chi connectivity index (χ2n) is 10.6. The Morgan fingerprint density at radius 1 is 0.372 bits per heavy atom. The molecule has 43 heavy (non-hydrogen) atoms. The van der Waals surface area contributed by atoms with Crippen LogP contribution in [0.4, 0.5) is 0 Å². The van der Waals surface area contributed by atoms with Crippen LogP contribution in [0.5, 0.6) is 0 Å². The van der Waals surface area contributed by atoms with Gasteiger partial charge in [-0.3, -0.25) is 0 Å². The summed E-state index contributed by atoms with van der Waals surface area (Å²) in [5, 5.41) is 2.28. The van der Waals surface area contributed by atoms with Gasteiger partial charge in [-0.05, 0) is 46.5 Å². The molecule has 2 heterocycles. The van der Waals surface area contributed by atoms with E-state index in [-0.39, 0.29) is 0 Å². The Kier molecular flexibility index (Phi) is 6.12. The second kappa shape index (κ2) is 10.6. The average molecular weight is 551 g/mol. The van der Waals surface area contributed by atoms with Gasteiger partial charge in [-0.25, -0.2) is 9.97 Å². The molecule has 0 amide bonds. The SMILES string of the molecule is c1ccc(-c2cc(-c3ccccc3)nc(-c3ccc(-c4cccc(-c5cccc6oc7ccccc7c56)c4)cc3)n2)cc1. The molecule has 0 aliphatic rings. The molecule has 0 spiro atoms. The van der Waals surface area contributed by atoms with Crippen molar-refractivity contribution in [3.63, 3.8) is 0 Å². The van der Waals surface area contributed by atoms with E-state index in [9.17, 15) is 0 Å². The Balaban J connectivity index is 1.18. The maximum absolute atomic E-state index is 6.15. The van der Waals surface area contributed by atoms with Crippen LogP contribution in [0.1, 0.15) is 0 Å². The monoisotopic (exact) mass is 550 g/mol. The van der Waals surface area contributed by atoms with Gasteiger partial charge in [0.15, 0.2) is 5.82 Å². The molecule has 0 N–H and O–H groups in total.